The Morgan fingerprint density at radius 3 is 2.73 bits per heavy atom. The van der Waals surface area contributed by atoms with Crippen molar-refractivity contribution < 1.29 is 14.3 Å². The lowest BCUT2D eigenvalue weighted by Crippen LogP contribution is -2.61. The third kappa shape index (κ3) is 1.76. The predicted octanol–water partition coefficient (Wildman–Crippen LogP) is 0.910. The van der Waals surface area contributed by atoms with Crippen LogP contribution in [-0.2, 0) is 14.3 Å². The number of carbonyl (C=O) groups excluding carboxylic acids is 1. The van der Waals surface area contributed by atoms with Crippen LogP contribution in [0.1, 0.15) is 27.7 Å². The van der Waals surface area contributed by atoms with E-state index in [1.807, 2.05) is 6.92 Å². The smallest absolute Gasteiger partial charge is 0.248 e. The molecular formula is C11H19NO3. The molecule has 15 heavy (non-hydrogen) atoms. The number of fused-ring (bicyclic) bond motifs is 1. The van der Waals surface area contributed by atoms with Gasteiger partial charge in [-0.3, -0.25) is 4.79 Å². The van der Waals surface area contributed by atoms with Crippen molar-refractivity contribution in [2.75, 3.05) is 13.2 Å². The maximum Gasteiger partial charge on any atom is 0.248 e. The van der Waals surface area contributed by atoms with Crippen molar-refractivity contribution in [1.29, 1.82) is 0 Å². The van der Waals surface area contributed by atoms with Crippen molar-refractivity contribution >= 4 is 5.91 Å². The summed E-state index contributed by atoms with van der Waals surface area (Å²) in [4.78, 5) is 11.3. The Bertz CT molecular complexity index is 284. The molecule has 1 N–H and O–H groups in total. The van der Waals surface area contributed by atoms with Gasteiger partial charge < -0.3 is 14.8 Å². The van der Waals surface area contributed by atoms with E-state index >= 15 is 0 Å². The normalized spacial score (nSPS) is 41.2. The number of ether oxygens (including phenoxy) is 2. The summed E-state index contributed by atoms with van der Waals surface area (Å²) in [5.41, 5.74) is -0.502. The Morgan fingerprint density at radius 2 is 2.13 bits per heavy atom. The zero-order valence-electron chi connectivity index (χ0n) is 9.79. The molecule has 0 saturated carbocycles. The molecule has 2 aliphatic rings. The number of rotatable bonds is 0. The number of hydrogen-bond acceptors (Lipinski definition) is 3. The second-order valence-corrected chi connectivity index (χ2v) is 5.67. The van der Waals surface area contributed by atoms with E-state index < -0.39 is 5.72 Å². The second kappa shape index (κ2) is 3.19. The van der Waals surface area contributed by atoms with Crippen molar-refractivity contribution in [2.24, 2.45) is 11.3 Å². The van der Waals surface area contributed by atoms with Crippen molar-refractivity contribution in [1.82, 2.24) is 5.32 Å². The minimum Gasteiger partial charge on any atom is -0.363 e. The van der Waals surface area contributed by atoms with E-state index in [1.165, 1.54) is 0 Å². The first kappa shape index (κ1) is 10.9. The molecule has 3 atom stereocenters. The summed E-state index contributed by atoms with van der Waals surface area (Å²) < 4.78 is 11.3. The third-order valence-corrected chi connectivity index (χ3v) is 3.37. The maximum atomic E-state index is 11.3. The molecule has 86 valence electrons. The lowest BCUT2D eigenvalue weighted by Gasteiger charge is -2.39. The largest absolute Gasteiger partial charge is 0.363 e. The molecule has 2 heterocycles. The Kier molecular flexibility index (Phi) is 2.32. The molecule has 0 spiro atoms. The van der Waals surface area contributed by atoms with Gasteiger partial charge in [0, 0.05) is 5.92 Å². The van der Waals surface area contributed by atoms with E-state index in [2.05, 4.69) is 26.1 Å². The van der Waals surface area contributed by atoms with Crippen molar-refractivity contribution in [3.63, 3.8) is 0 Å². The van der Waals surface area contributed by atoms with Gasteiger partial charge in [0.2, 0.25) is 5.91 Å². The molecule has 4 heteroatoms. The summed E-state index contributed by atoms with van der Waals surface area (Å²) in [7, 11) is 0. The number of nitrogens with one attached hydrogen (secondary N) is 1. The van der Waals surface area contributed by atoms with Gasteiger partial charge in [0.1, 0.15) is 12.7 Å². The fourth-order valence-electron chi connectivity index (χ4n) is 2.38. The van der Waals surface area contributed by atoms with Crippen LogP contribution < -0.4 is 5.32 Å². The van der Waals surface area contributed by atoms with Crippen LogP contribution in [0, 0.1) is 11.3 Å². The fraction of sp³-hybridized carbons (Fsp3) is 0.909. The van der Waals surface area contributed by atoms with Gasteiger partial charge in [-0.2, -0.15) is 0 Å². The van der Waals surface area contributed by atoms with E-state index in [1.54, 1.807) is 0 Å². The van der Waals surface area contributed by atoms with Gasteiger partial charge in [-0.15, -0.1) is 0 Å². The Morgan fingerprint density at radius 1 is 1.47 bits per heavy atom. The van der Waals surface area contributed by atoms with Crippen LogP contribution in [0.2, 0.25) is 0 Å². The minimum atomic E-state index is -0.632. The molecule has 4 nitrogen and oxygen atoms in total. The Hall–Kier alpha value is -0.610. The van der Waals surface area contributed by atoms with Crippen LogP contribution in [0.3, 0.4) is 0 Å². The van der Waals surface area contributed by atoms with Gasteiger partial charge in [-0.05, 0) is 12.3 Å². The zero-order valence-corrected chi connectivity index (χ0v) is 9.79. The van der Waals surface area contributed by atoms with Crippen LogP contribution >= 0.6 is 0 Å². The lowest BCUT2D eigenvalue weighted by atomic mass is 9.76. The van der Waals surface area contributed by atoms with E-state index in [0.29, 0.717) is 12.5 Å². The highest BCUT2D eigenvalue weighted by atomic mass is 16.6. The van der Waals surface area contributed by atoms with E-state index in [-0.39, 0.29) is 24.0 Å². The van der Waals surface area contributed by atoms with Crippen molar-refractivity contribution in [2.45, 2.75) is 39.5 Å². The Labute approximate surface area is 90.3 Å². The van der Waals surface area contributed by atoms with E-state index in [9.17, 15) is 4.79 Å². The van der Waals surface area contributed by atoms with E-state index in [0.717, 1.165) is 0 Å². The molecule has 2 saturated heterocycles. The number of hydrogen-bond donors (Lipinski definition) is 1. The SMILES string of the molecule is CC(C)(C)C1CO[C@]2(C)NC(=O)CO[C@H]12. The topological polar surface area (TPSA) is 47.6 Å². The molecule has 1 amide bonds. The Balaban J connectivity index is 2.20. The molecule has 2 aliphatic heterocycles. The average Bonchev–Trinajstić information content (AvgIpc) is 2.39. The summed E-state index contributed by atoms with van der Waals surface area (Å²) >= 11 is 0. The molecule has 0 aromatic heterocycles. The van der Waals surface area contributed by atoms with Crippen molar-refractivity contribution in [3.8, 4) is 0 Å². The molecule has 0 radical (unpaired) electrons. The molecule has 0 aliphatic carbocycles. The molecule has 0 aromatic carbocycles. The van der Waals surface area contributed by atoms with Crippen LogP contribution in [0.15, 0.2) is 0 Å². The first-order valence-electron chi connectivity index (χ1n) is 5.39. The van der Waals surface area contributed by atoms with E-state index in [4.69, 9.17) is 9.47 Å². The standard InChI is InChI=1S/C11H19NO3/c1-10(2,3)7-5-15-11(4)9(7)14-6-8(13)12-11/h7,9H,5-6H2,1-4H3,(H,12,13)/t7?,9-,11+/m1/s1. The highest BCUT2D eigenvalue weighted by Crippen LogP contribution is 2.42. The number of amides is 1. The van der Waals surface area contributed by atoms with Crippen molar-refractivity contribution in [3.05, 3.63) is 0 Å². The lowest BCUT2D eigenvalue weighted by molar-refractivity contribution is -0.166. The van der Waals surface area contributed by atoms with Gasteiger partial charge in [0.15, 0.2) is 5.72 Å². The van der Waals surface area contributed by atoms with Crippen LogP contribution in [0.5, 0.6) is 0 Å². The molecule has 2 rings (SSSR count). The quantitative estimate of drug-likeness (QED) is 0.650. The molecule has 2 fully saturated rings. The first-order chi connectivity index (χ1) is 6.83. The number of carbonyl (C=O) groups is 1. The summed E-state index contributed by atoms with van der Waals surface area (Å²) in [6, 6.07) is 0. The van der Waals surface area contributed by atoms with Gasteiger partial charge >= 0.3 is 0 Å². The van der Waals surface area contributed by atoms with Crippen LogP contribution in [-0.4, -0.2) is 30.9 Å². The maximum absolute atomic E-state index is 11.3. The summed E-state index contributed by atoms with van der Waals surface area (Å²) in [5, 5.41) is 2.87. The van der Waals surface area contributed by atoms with Gasteiger partial charge in [0.25, 0.3) is 0 Å². The predicted molar refractivity (Wildman–Crippen MR) is 55.2 cm³/mol. The summed E-state index contributed by atoms with van der Waals surface area (Å²) in [6.45, 7) is 9.20. The summed E-state index contributed by atoms with van der Waals surface area (Å²) in [6.07, 6.45) is -0.0322. The zero-order chi connectivity index (χ0) is 11.3. The first-order valence-corrected chi connectivity index (χ1v) is 5.39. The third-order valence-electron chi connectivity index (χ3n) is 3.37. The molecule has 1 unspecified atom stereocenters. The second-order valence-electron chi connectivity index (χ2n) is 5.67. The van der Waals surface area contributed by atoms with Gasteiger partial charge in [-0.25, -0.2) is 0 Å². The van der Waals surface area contributed by atoms with Gasteiger partial charge in [-0.1, -0.05) is 20.8 Å². The van der Waals surface area contributed by atoms with Crippen LogP contribution in [0.4, 0.5) is 0 Å². The highest BCUT2D eigenvalue weighted by Gasteiger charge is 2.54. The minimum absolute atomic E-state index is 0.0322. The van der Waals surface area contributed by atoms with Gasteiger partial charge in [0.05, 0.1) is 6.61 Å². The average molecular weight is 213 g/mol. The van der Waals surface area contributed by atoms with Crippen LogP contribution in [0.25, 0.3) is 0 Å². The summed E-state index contributed by atoms with van der Waals surface area (Å²) in [5.74, 6) is 0.228. The highest BCUT2D eigenvalue weighted by molar-refractivity contribution is 5.78. The molecule has 0 bridgehead atoms. The fourth-order valence-corrected chi connectivity index (χ4v) is 2.38. The monoisotopic (exact) mass is 213 g/mol. The molecular weight excluding hydrogens is 194 g/mol. The number of morpholine rings is 1. The molecule has 0 aromatic rings.